The lowest BCUT2D eigenvalue weighted by Crippen LogP contribution is -2.25. The van der Waals surface area contributed by atoms with Crippen molar-refractivity contribution in [2.75, 3.05) is 0 Å². The molecule has 0 atom stereocenters. The first-order valence-corrected chi connectivity index (χ1v) is 6.27. The third-order valence-electron chi connectivity index (χ3n) is 2.74. The summed E-state index contributed by atoms with van der Waals surface area (Å²) in [5, 5.41) is 10.8. The van der Waals surface area contributed by atoms with Gasteiger partial charge in [-0.15, -0.1) is 0 Å². The summed E-state index contributed by atoms with van der Waals surface area (Å²) in [4.78, 5) is 23.5. The van der Waals surface area contributed by atoms with Gasteiger partial charge in [-0.3, -0.25) is 0 Å². The molecule has 2 aromatic carbocycles. The van der Waals surface area contributed by atoms with Crippen LogP contribution < -0.4 is 0 Å². The third kappa shape index (κ3) is 2.96. The summed E-state index contributed by atoms with van der Waals surface area (Å²) in [6.45, 7) is 5.23. The van der Waals surface area contributed by atoms with E-state index in [1.54, 1.807) is 32.9 Å². The minimum Gasteiger partial charge on any atom is -0.478 e. The van der Waals surface area contributed by atoms with Crippen molar-refractivity contribution < 1.29 is 19.4 Å². The monoisotopic (exact) mass is 272 g/mol. The van der Waals surface area contributed by atoms with E-state index in [0.29, 0.717) is 0 Å². The van der Waals surface area contributed by atoms with Crippen molar-refractivity contribution in [3.63, 3.8) is 0 Å². The van der Waals surface area contributed by atoms with E-state index in [-0.39, 0.29) is 11.1 Å². The number of carboxylic acids is 1. The van der Waals surface area contributed by atoms with Gasteiger partial charge in [-0.25, -0.2) is 9.59 Å². The molecule has 20 heavy (non-hydrogen) atoms. The molecule has 0 amide bonds. The van der Waals surface area contributed by atoms with Crippen LogP contribution in [-0.2, 0) is 4.74 Å². The van der Waals surface area contributed by atoms with Crippen LogP contribution in [0.2, 0.25) is 0 Å². The van der Waals surface area contributed by atoms with Crippen molar-refractivity contribution in [2.45, 2.75) is 26.4 Å². The van der Waals surface area contributed by atoms with Crippen molar-refractivity contribution in [3.8, 4) is 0 Å². The minimum absolute atomic E-state index is 0.0436. The van der Waals surface area contributed by atoms with Crippen molar-refractivity contribution in [1.82, 2.24) is 0 Å². The smallest absolute Gasteiger partial charge is 0.339 e. The van der Waals surface area contributed by atoms with Crippen molar-refractivity contribution in [1.29, 1.82) is 0 Å². The number of carboxylic acid groups (broad SMARTS) is 1. The Morgan fingerprint density at radius 1 is 1.00 bits per heavy atom. The van der Waals surface area contributed by atoms with Crippen LogP contribution in [-0.4, -0.2) is 22.6 Å². The third-order valence-corrected chi connectivity index (χ3v) is 2.74. The van der Waals surface area contributed by atoms with Gasteiger partial charge in [0.05, 0.1) is 11.1 Å². The molecule has 0 spiro atoms. The van der Waals surface area contributed by atoms with E-state index in [2.05, 4.69) is 0 Å². The van der Waals surface area contributed by atoms with E-state index in [9.17, 15) is 14.7 Å². The Morgan fingerprint density at radius 2 is 1.50 bits per heavy atom. The van der Waals surface area contributed by atoms with E-state index in [4.69, 9.17) is 4.74 Å². The molecule has 2 aromatic rings. The first-order chi connectivity index (χ1) is 9.28. The first kappa shape index (κ1) is 14.1. The second kappa shape index (κ2) is 4.96. The lowest BCUT2D eigenvalue weighted by atomic mass is 10.0. The first-order valence-electron chi connectivity index (χ1n) is 6.27. The standard InChI is InChI=1S/C16H16O4/c1-16(2,3)20-15(19)13-9-11-7-5-4-6-10(11)8-12(13)14(17)18/h4-9H,1-3H3,(H,17,18). The molecule has 0 saturated heterocycles. The van der Waals surface area contributed by atoms with Crippen LogP contribution in [0.15, 0.2) is 36.4 Å². The molecule has 0 aromatic heterocycles. The number of benzene rings is 2. The number of fused-ring (bicyclic) bond motifs is 1. The average Bonchev–Trinajstić information content (AvgIpc) is 2.35. The molecular formula is C16H16O4. The van der Waals surface area contributed by atoms with Crippen molar-refractivity contribution in [2.24, 2.45) is 0 Å². The maximum atomic E-state index is 12.1. The summed E-state index contributed by atoms with van der Waals surface area (Å²) in [5.74, 6) is -1.77. The summed E-state index contributed by atoms with van der Waals surface area (Å²) in [6.07, 6.45) is 0. The fraction of sp³-hybridized carbons (Fsp3) is 0.250. The van der Waals surface area contributed by atoms with Gasteiger partial charge in [0, 0.05) is 0 Å². The molecule has 0 aliphatic carbocycles. The van der Waals surface area contributed by atoms with Gasteiger partial charge in [-0.1, -0.05) is 24.3 Å². The topological polar surface area (TPSA) is 63.6 Å². The highest BCUT2D eigenvalue weighted by molar-refractivity contribution is 6.06. The fourth-order valence-corrected chi connectivity index (χ4v) is 1.92. The van der Waals surface area contributed by atoms with Gasteiger partial charge in [0.15, 0.2) is 0 Å². The van der Waals surface area contributed by atoms with E-state index >= 15 is 0 Å². The number of carbonyl (C=O) groups is 2. The zero-order chi connectivity index (χ0) is 14.9. The number of esters is 1. The van der Waals surface area contributed by atoms with Crippen LogP contribution in [0.3, 0.4) is 0 Å². The van der Waals surface area contributed by atoms with E-state index in [1.165, 1.54) is 6.07 Å². The molecule has 4 nitrogen and oxygen atoms in total. The largest absolute Gasteiger partial charge is 0.478 e. The fourth-order valence-electron chi connectivity index (χ4n) is 1.92. The average molecular weight is 272 g/mol. The lowest BCUT2D eigenvalue weighted by molar-refractivity contribution is 0.00660. The summed E-state index contributed by atoms with van der Waals surface area (Å²) in [7, 11) is 0. The second-order valence-corrected chi connectivity index (χ2v) is 5.55. The highest BCUT2D eigenvalue weighted by atomic mass is 16.6. The molecule has 0 radical (unpaired) electrons. The Balaban J connectivity index is 2.58. The van der Waals surface area contributed by atoms with E-state index in [0.717, 1.165) is 10.8 Å². The number of ether oxygens (including phenoxy) is 1. The van der Waals surface area contributed by atoms with Crippen molar-refractivity contribution >= 4 is 22.7 Å². The molecular weight excluding hydrogens is 256 g/mol. The van der Waals surface area contributed by atoms with E-state index in [1.807, 2.05) is 18.2 Å². The van der Waals surface area contributed by atoms with Gasteiger partial charge in [-0.2, -0.15) is 0 Å². The SMILES string of the molecule is CC(C)(C)OC(=O)c1cc2ccccc2cc1C(=O)O. The molecule has 0 unspecified atom stereocenters. The van der Waals surface area contributed by atoms with E-state index < -0.39 is 17.5 Å². The Hall–Kier alpha value is -2.36. The molecule has 0 saturated carbocycles. The molecule has 1 N–H and O–H groups in total. The normalized spacial score (nSPS) is 11.3. The summed E-state index contributed by atoms with van der Waals surface area (Å²) in [6, 6.07) is 10.3. The molecule has 0 heterocycles. The van der Waals surface area contributed by atoms with Gasteiger partial charge < -0.3 is 9.84 Å². The van der Waals surface area contributed by atoms with Crippen molar-refractivity contribution in [3.05, 3.63) is 47.5 Å². The molecule has 0 aliphatic rings. The van der Waals surface area contributed by atoms with Crippen LogP contribution in [0.4, 0.5) is 0 Å². The number of hydrogen-bond donors (Lipinski definition) is 1. The minimum atomic E-state index is -1.14. The molecule has 0 fully saturated rings. The van der Waals surface area contributed by atoms with Crippen LogP contribution in [0.5, 0.6) is 0 Å². The maximum absolute atomic E-state index is 12.1. The van der Waals surface area contributed by atoms with Gasteiger partial charge in [-0.05, 0) is 43.7 Å². The summed E-state index contributed by atoms with van der Waals surface area (Å²) in [5.41, 5.74) is -0.637. The zero-order valence-corrected chi connectivity index (χ0v) is 11.6. The zero-order valence-electron chi connectivity index (χ0n) is 11.6. The lowest BCUT2D eigenvalue weighted by Gasteiger charge is -2.20. The Morgan fingerprint density at radius 3 is 1.95 bits per heavy atom. The van der Waals surface area contributed by atoms with Crippen LogP contribution >= 0.6 is 0 Å². The van der Waals surface area contributed by atoms with Crippen LogP contribution in [0.25, 0.3) is 10.8 Å². The highest BCUT2D eigenvalue weighted by Crippen LogP contribution is 2.22. The molecule has 0 aliphatic heterocycles. The molecule has 4 heteroatoms. The number of rotatable bonds is 2. The molecule has 0 bridgehead atoms. The maximum Gasteiger partial charge on any atom is 0.339 e. The van der Waals surface area contributed by atoms with Gasteiger partial charge in [0.1, 0.15) is 5.60 Å². The number of carbonyl (C=O) groups excluding carboxylic acids is 1. The highest BCUT2D eigenvalue weighted by Gasteiger charge is 2.23. The second-order valence-electron chi connectivity index (χ2n) is 5.55. The Labute approximate surface area is 117 Å². The molecule has 2 rings (SSSR count). The number of aromatic carboxylic acids is 1. The molecule has 104 valence electrons. The number of hydrogen-bond acceptors (Lipinski definition) is 3. The summed E-state index contributed by atoms with van der Waals surface area (Å²) >= 11 is 0. The predicted octanol–water partition coefficient (Wildman–Crippen LogP) is 3.49. The van der Waals surface area contributed by atoms with Gasteiger partial charge in [0.25, 0.3) is 0 Å². The quantitative estimate of drug-likeness (QED) is 0.850. The Bertz CT molecular complexity index is 680. The predicted molar refractivity (Wildman–Crippen MR) is 76.1 cm³/mol. The Kier molecular flexibility index (Phi) is 3.49. The summed E-state index contributed by atoms with van der Waals surface area (Å²) < 4.78 is 5.26. The van der Waals surface area contributed by atoms with Crippen LogP contribution in [0, 0.1) is 0 Å². The van der Waals surface area contributed by atoms with Gasteiger partial charge in [0.2, 0.25) is 0 Å². The van der Waals surface area contributed by atoms with Crippen LogP contribution in [0.1, 0.15) is 41.5 Å². The van der Waals surface area contributed by atoms with Gasteiger partial charge >= 0.3 is 11.9 Å².